The molecule has 1 rings (SSSR count). The van der Waals surface area contributed by atoms with Gasteiger partial charge in [0.25, 0.3) is 0 Å². The number of nitrogens with one attached hydrogen (secondary N) is 2. The van der Waals surface area contributed by atoms with E-state index < -0.39 is 0 Å². The van der Waals surface area contributed by atoms with Crippen molar-refractivity contribution in [2.75, 3.05) is 26.2 Å². The minimum absolute atomic E-state index is 0.0160. The third-order valence-electron chi connectivity index (χ3n) is 3.19. The molecule has 2 atom stereocenters. The zero-order chi connectivity index (χ0) is 12.9. The van der Waals surface area contributed by atoms with E-state index in [1.165, 1.54) is 6.42 Å². The van der Waals surface area contributed by atoms with Gasteiger partial charge in [0.05, 0.1) is 5.60 Å². The first-order chi connectivity index (χ1) is 7.88. The van der Waals surface area contributed by atoms with Crippen LogP contribution in [0.25, 0.3) is 0 Å². The zero-order valence-corrected chi connectivity index (χ0v) is 11.5. The van der Waals surface area contributed by atoms with Gasteiger partial charge in [0.1, 0.15) is 6.61 Å². The summed E-state index contributed by atoms with van der Waals surface area (Å²) >= 11 is 0. The molecule has 1 heterocycles. The van der Waals surface area contributed by atoms with Crippen LogP contribution in [0.2, 0.25) is 0 Å². The molecular formula is C13H26N2O2. The highest BCUT2D eigenvalue weighted by Crippen LogP contribution is 2.17. The van der Waals surface area contributed by atoms with E-state index in [2.05, 4.69) is 17.6 Å². The maximum atomic E-state index is 11.6. The molecule has 2 unspecified atom stereocenters. The fraction of sp³-hybridized carbons (Fsp3) is 0.923. The molecule has 2 N–H and O–H groups in total. The summed E-state index contributed by atoms with van der Waals surface area (Å²) < 4.78 is 5.43. The summed E-state index contributed by atoms with van der Waals surface area (Å²) in [5, 5.41) is 6.31. The largest absolute Gasteiger partial charge is 0.366 e. The predicted molar refractivity (Wildman–Crippen MR) is 68.9 cm³/mol. The first-order valence-electron chi connectivity index (χ1n) is 6.50. The Morgan fingerprint density at radius 2 is 2.18 bits per heavy atom. The van der Waals surface area contributed by atoms with Crippen LogP contribution in [0.4, 0.5) is 0 Å². The third-order valence-corrected chi connectivity index (χ3v) is 3.19. The highest BCUT2D eigenvalue weighted by molar-refractivity contribution is 5.77. The predicted octanol–water partition coefficient (Wildman–Crippen LogP) is 1.16. The maximum absolute atomic E-state index is 11.6. The summed E-state index contributed by atoms with van der Waals surface area (Å²) in [6, 6.07) is 0. The summed E-state index contributed by atoms with van der Waals surface area (Å²) in [7, 11) is 0. The zero-order valence-electron chi connectivity index (χ0n) is 11.5. The molecule has 0 aromatic heterocycles. The number of ether oxygens (including phenoxy) is 1. The van der Waals surface area contributed by atoms with Crippen molar-refractivity contribution in [3.05, 3.63) is 0 Å². The Morgan fingerprint density at radius 1 is 1.47 bits per heavy atom. The van der Waals surface area contributed by atoms with Gasteiger partial charge in [0, 0.05) is 6.54 Å². The molecule has 0 aliphatic carbocycles. The summed E-state index contributed by atoms with van der Waals surface area (Å²) in [6.07, 6.45) is 1.19. The molecule has 1 fully saturated rings. The van der Waals surface area contributed by atoms with Crippen molar-refractivity contribution in [2.45, 2.75) is 39.7 Å². The Bertz CT molecular complexity index is 248. The van der Waals surface area contributed by atoms with E-state index in [1.807, 2.05) is 20.8 Å². The summed E-state index contributed by atoms with van der Waals surface area (Å²) in [5.41, 5.74) is -0.253. The van der Waals surface area contributed by atoms with E-state index in [4.69, 9.17) is 4.74 Å². The number of rotatable bonds is 4. The molecule has 1 aliphatic rings. The van der Waals surface area contributed by atoms with Crippen LogP contribution in [-0.2, 0) is 9.53 Å². The van der Waals surface area contributed by atoms with Crippen molar-refractivity contribution >= 4 is 5.91 Å². The second kappa shape index (κ2) is 6.36. The van der Waals surface area contributed by atoms with Gasteiger partial charge in [-0.05, 0) is 52.1 Å². The lowest BCUT2D eigenvalue weighted by atomic mass is 9.88. The Morgan fingerprint density at radius 3 is 2.76 bits per heavy atom. The lowest BCUT2D eigenvalue weighted by Gasteiger charge is -2.29. The van der Waals surface area contributed by atoms with Crippen molar-refractivity contribution in [1.29, 1.82) is 0 Å². The van der Waals surface area contributed by atoms with Gasteiger partial charge < -0.3 is 15.4 Å². The number of piperidine rings is 1. The van der Waals surface area contributed by atoms with Crippen molar-refractivity contribution in [3.63, 3.8) is 0 Å². The van der Waals surface area contributed by atoms with Gasteiger partial charge in [-0.2, -0.15) is 0 Å². The van der Waals surface area contributed by atoms with Gasteiger partial charge in [0.15, 0.2) is 0 Å². The fourth-order valence-corrected chi connectivity index (χ4v) is 1.91. The SMILES string of the molecule is CC1CCNCC1CNC(=O)COC(C)(C)C. The first kappa shape index (κ1) is 14.5. The van der Waals surface area contributed by atoms with Crippen LogP contribution in [0, 0.1) is 11.8 Å². The molecular weight excluding hydrogens is 216 g/mol. The van der Waals surface area contributed by atoms with Gasteiger partial charge >= 0.3 is 0 Å². The quantitative estimate of drug-likeness (QED) is 0.778. The Hall–Kier alpha value is -0.610. The molecule has 0 aromatic rings. The van der Waals surface area contributed by atoms with E-state index in [0.29, 0.717) is 11.8 Å². The third kappa shape index (κ3) is 6.03. The molecule has 1 aliphatic heterocycles. The molecule has 0 radical (unpaired) electrons. The van der Waals surface area contributed by atoms with Crippen LogP contribution >= 0.6 is 0 Å². The normalized spacial score (nSPS) is 25.6. The number of hydrogen-bond donors (Lipinski definition) is 2. The number of hydrogen-bond acceptors (Lipinski definition) is 3. The van der Waals surface area contributed by atoms with Gasteiger partial charge in [-0.3, -0.25) is 4.79 Å². The second-order valence-corrected chi connectivity index (χ2v) is 5.94. The van der Waals surface area contributed by atoms with E-state index >= 15 is 0 Å². The lowest BCUT2D eigenvalue weighted by Crippen LogP contribution is -2.43. The molecule has 0 saturated carbocycles. The highest BCUT2D eigenvalue weighted by atomic mass is 16.5. The molecule has 0 bridgehead atoms. The number of carbonyl (C=O) groups is 1. The maximum Gasteiger partial charge on any atom is 0.246 e. The molecule has 4 nitrogen and oxygen atoms in total. The Balaban J connectivity index is 2.19. The topological polar surface area (TPSA) is 50.4 Å². The number of carbonyl (C=O) groups excluding carboxylic acids is 1. The van der Waals surface area contributed by atoms with Gasteiger partial charge in [-0.25, -0.2) is 0 Å². The smallest absolute Gasteiger partial charge is 0.246 e. The minimum atomic E-state index is -0.253. The second-order valence-electron chi connectivity index (χ2n) is 5.94. The average molecular weight is 242 g/mol. The summed E-state index contributed by atoms with van der Waals surface area (Å²) in [4.78, 5) is 11.6. The van der Waals surface area contributed by atoms with Crippen molar-refractivity contribution in [3.8, 4) is 0 Å². The van der Waals surface area contributed by atoms with Gasteiger partial charge in [-0.1, -0.05) is 6.92 Å². The molecule has 100 valence electrons. The van der Waals surface area contributed by atoms with E-state index in [0.717, 1.165) is 19.6 Å². The van der Waals surface area contributed by atoms with Crippen LogP contribution in [-0.4, -0.2) is 37.7 Å². The van der Waals surface area contributed by atoms with Crippen LogP contribution in [0.3, 0.4) is 0 Å². The molecule has 1 saturated heterocycles. The summed E-state index contributed by atoms with van der Waals surface area (Å²) in [5.74, 6) is 1.21. The van der Waals surface area contributed by atoms with Crippen LogP contribution in [0.5, 0.6) is 0 Å². The standard InChI is InChI=1S/C13H26N2O2/c1-10-5-6-14-7-11(10)8-15-12(16)9-17-13(2,3)4/h10-11,14H,5-9H2,1-4H3,(H,15,16). The molecule has 1 amide bonds. The fourth-order valence-electron chi connectivity index (χ4n) is 1.91. The molecule has 0 aromatic carbocycles. The van der Waals surface area contributed by atoms with Crippen LogP contribution < -0.4 is 10.6 Å². The van der Waals surface area contributed by atoms with Gasteiger partial charge in [-0.15, -0.1) is 0 Å². The number of amides is 1. The van der Waals surface area contributed by atoms with Crippen molar-refractivity contribution < 1.29 is 9.53 Å². The van der Waals surface area contributed by atoms with Crippen molar-refractivity contribution in [1.82, 2.24) is 10.6 Å². The van der Waals surface area contributed by atoms with E-state index in [1.54, 1.807) is 0 Å². The lowest BCUT2D eigenvalue weighted by molar-refractivity contribution is -0.130. The monoisotopic (exact) mass is 242 g/mol. The first-order valence-corrected chi connectivity index (χ1v) is 6.50. The average Bonchev–Trinajstić information content (AvgIpc) is 2.24. The van der Waals surface area contributed by atoms with Crippen molar-refractivity contribution in [2.24, 2.45) is 11.8 Å². The Labute approximate surface area is 104 Å². The molecule has 4 heteroatoms. The summed E-state index contributed by atoms with van der Waals surface area (Å²) in [6.45, 7) is 11.1. The molecule has 0 spiro atoms. The Kier molecular flexibility index (Phi) is 5.40. The minimum Gasteiger partial charge on any atom is -0.366 e. The van der Waals surface area contributed by atoms with Crippen LogP contribution in [0.15, 0.2) is 0 Å². The van der Waals surface area contributed by atoms with Crippen LogP contribution in [0.1, 0.15) is 34.1 Å². The highest BCUT2D eigenvalue weighted by Gasteiger charge is 2.21. The van der Waals surface area contributed by atoms with E-state index in [9.17, 15) is 4.79 Å². The molecule has 17 heavy (non-hydrogen) atoms. The van der Waals surface area contributed by atoms with Gasteiger partial charge in [0.2, 0.25) is 5.91 Å². The van der Waals surface area contributed by atoms with E-state index in [-0.39, 0.29) is 18.1 Å².